The summed E-state index contributed by atoms with van der Waals surface area (Å²) >= 11 is 0. The van der Waals surface area contributed by atoms with Gasteiger partial charge in [-0.2, -0.15) is 5.26 Å². The first kappa shape index (κ1) is 12.8. The number of nitrogens with zero attached hydrogens (tertiary/aromatic N) is 1. The van der Waals surface area contributed by atoms with Gasteiger partial charge in [0.05, 0.1) is 23.7 Å². The molecule has 3 unspecified atom stereocenters. The van der Waals surface area contributed by atoms with Crippen molar-refractivity contribution in [3.63, 3.8) is 0 Å². The van der Waals surface area contributed by atoms with Gasteiger partial charge in [-0.15, -0.1) is 0 Å². The highest BCUT2D eigenvalue weighted by atomic mass is 16.5. The summed E-state index contributed by atoms with van der Waals surface area (Å²) in [6.07, 6.45) is 5.27. The van der Waals surface area contributed by atoms with Gasteiger partial charge < -0.3 is 14.2 Å². The molecule has 96 valence electrons. The first-order valence-corrected chi connectivity index (χ1v) is 6.44. The van der Waals surface area contributed by atoms with Crippen molar-refractivity contribution in [2.45, 2.75) is 44.3 Å². The molecule has 2 fully saturated rings. The van der Waals surface area contributed by atoms with Gasteiger partial charge in [0.1, 0.15) is 0 Å². The summed E-state index contributed by atoms with van der Waals surface area (Å²) in [4.78, 5) is 0. The Bertz CT molecular complexity index is 289. The molecular formula is C13H21NO3. The molecule has 4 nitrogen and oxygen atoms in total. The van der Waals surface area contributed by atoms with Crippen molar-refractivity contribution < 1.29 is 14.2 Å². The fraction of sp³-hybridized carbons (Fsp3) is 0.923. The third-order valence-electron chi connectivity index (χ3n) is 3.87. The van der Waals surface area contributed by atoms with E-state index in [4.69, 9.17) is 14.2 Å². The predicted octanol–water partition coefficient (Wildman–Crippen LogP) is 1.89. The van der Waals surface area contributed by atoms with Crippen LogP contribution in [0.1, 0.15) is 32.1 Å². The van der Waals surface area contributed by atoms with E-state index in [9.17, 15) is 5.26 Å². The molecule has 0 aromatic heterocycles. The maximum atomic E-state index is 9.37. The van der Waals surface area contributed by atoms with Crippen LogP contribution >= 0.6 is 0 Å². The molecule has 2 rings (SSSR count). The molecule has 0 aromatic rings. The Morgan fingerprint density at radius 2 is 2.24 bits per heavy atom. The van der Waals surface area contributed by atoms with Crippen LogP contribution < -0.4 is 0 Å². The van der Waals surface area contributed by atoms with Crippen molar-refractivity contribution in [3.8, 4) is 6.07 Å². The van der Waals surface area contributed by atoms with Gasteiger partial charge in [-0.25, -0.2) is 0 Å². The number of methoxy groups -OCH3 is 1. The van der Waals surface area contributed by atoms with E-state index in [1.165, 1.54) is 0 Å². The van der Waals surface area contributed by atoms with Crippen molar-refractivity contribution in [2.75, 3.05) is 26.9 Å². The third-order valence-corrected chi connectivity index (χ3v) is 3.87. The Balaban J connectivity index is 1.69. The quantitative estimate of drug-likeness (QED) is 0.637. The molecule has 0 saturated carbocycles. The highest BCUT2D eigenvalue weighted by Crippen LogP contribution is 2.49. The second-order valence-electron chi connectivity index (χ2n) is 5.00. The van der Waals surface area contributed by atoms with Crippen LogP contribution in [0.25, 0.3) is 0 Å². The Hall–Kier alpha value is -0.630. The van der Waals surface area contributed by atoms with Crippen molar-refractivity contribution in [2.24, 2.45) is 5.41 Å². The zero-order valence-electron chi connectivity index (χ0n) is 10.5. The van der Waals surface area contributed by atoms with E-state index in [0.717, 1.165) is 38.7 Å². The van der Waals surface area contributed by atoms with Crippen LogP contribution in [0.2, 0.25) is 0 Å². The summed E-state index contributed by atoms with van der Waals surface area (Å²) in [6.45, 7) is 2.10. The zero-order valence-corrected chi connectivity index (χ0v) is 10.5. The minimum atomic E-state index is -0.274. The minimum absolute atomic E-state index is 0.153. The van der Waals surface area contributed by atoms with Gasteiger partial charge in [-0.05, 0) is 32.1 Å². The second-order valence-corrected chi connectivity index (χ2v) is 5.00. The van der Waals surface area contributed by atoms with E-state index >= 15 is 0 Å². The molecule has 2 saturated heterocycles. The van der Waals surface area contributed by atoms with Gasteiger partial charge in [-0.3, -0.25) is 0 Å². The van der Waals surface area contributed by atoms with Gasteiger partial charge in [0, 0.05) is 26.9 Å². The lowest BCUT2D eigenvalue weighted by atomic mass is 9.73. The largest absolute Gasteiger partial charge is 0.385 e. The minimum Gasteiger partial charge on any atom is -0.385 e. The van der Waals surface area contributed by atoms with Crippen molar-refractivity contribution in [1.82, 2.24) is 0 Å². The van der Waals surface area contributed by atoms with Crippen molar-refractivity contribution >= 4 is 0 Å². The van der Waals surface area contributed by atoms with Crippen LogP contribution in [0.3, 0.4) is 0 Å². The van der Waals surface area contributed by atoms with Crippen molar-refractivity contribution in [1.29, 1.82) is 5.26 Å². The topological polar surface area (TPSA) is 51.5 Å². The third kappa shape index (κ3) is 2.79. The van der Waals surface area contributed by atoms with Crippen molar-refractivity contribution in [3.05, 3.63) is 0 Å². The van der Waals surface area contributed by atoms with Crippen LogP contribution in [0.5, 0.6) is 0 Å². The van der Waals surface area contributed by atoms with Crippen LogP contribution in [-0.4, -0.2) is 39.1 Å². The van der Waals surface area contributed by atoms with E-state index < -0.39 is 0 Å². The molecule has 0 N–H and O–H groups in total. The number of fused-ring (bicyclic) bond motifs is 2. The van der Waals surface area contributed by atoms with Gasteiger partial charge in [-0.1, -0.05) is 0 Å². The maximum absolute atomic E-state index is 9.37. The molecule has 2 heterocycles. The summed E-state index contributed by atoms with van der Waals surface area (Å²) in [5, 5.41) is 9.37. The molecule has 4 heteroatoms. The lowest BCUT2D eigenvalue weighted by Crippen LogP contribution is -2.32. The van der Waals surface area contributed by atoms with E-state index in [-0.39, 0.29) is 11.5 Å². The van der Waals surface area contributed by atoms with Gasteiger partial charge in [0.2, 0.25) is 0 Å². The summed E-state index contributed by atoms with van der Waals surface area (Å²) in [6, 6.07) is 2.48. The number of nitriles is 1. The molecule has 2 aliphatic heterocycles. The van der Waals surface area contributed by atoms with Crippen LogP contribution in [0.4, 0.5) is 0 Å². The van der Waals surface area contributed by atoms with Crippen LogP contribution in [0, 0.1) is 16.7 Å². The van der Waals surface area contributed by atoms with Gasteiger partial charge >= 0.3 is 0 Å². The zero-order chi connectivity index (χ0) is 12.1. The smallest absolute Gasteiger partial charge is 0.0881 e. The van der Waals surface area contributed by atoms with Crippen LogP contribution in [0.15, 0.2) is 0 Å². The fourth-order valence-electron chi connectivity index (χ4n) is 2.90. The highest BCUT2D eigenvalue weighted by Gasteiger charge is 2.52. The first-order valence-electron chi connectivity index (χ1n) is 6.44. The molecule has 17 heavy (non-hydrogen) atoms. The Morgan fingerprint density at radius 1 is 1.35 bits per heavy atom. The summed E-state index contributed by atoms with van der Waals surface area (Å²) in [7, 11) is 1.69. The number of hydrogen-bond acceptors (Lipinski definition) is 4. The summed E-state index contributed by atoms with van der Waals surface area (Å²) in [5.74, 6) is 0. The van der Waals surface area contributed by atoms with E-state index in [1.807, 2.05) is 0 Å². The number of rotatable bonds is 7. The normalized spacial score (nSPS) is 35.1. The number of ether oxygens (including phenoxy) is 3. The average Bonchev–Trinajstić information content (AvgIpc) is 2.94. The molecule has 2 bridgehead atoms. The summed E-state index contributed by atoms with van der Waals surface area (Å²) < 4.78 is 16.3. The fourth-order valence-corrected chi connectivity index (χ4v) is 2.90. The molecule has 0 radical (unpaired) electrons. The molecular weight excluding hydrogens is 218 g/mol. The van der Waals surface area contributed by atoms with Gasteiger partial charge in [0.15, 0.2) is 0 Å². The van der Waals surface area contributed by atoms with E-state index in [1.54, 1.807) is 7.11 Å². The first-order chi connectivity index (χ1) is 8.30. The number of hydrogen-bond donors (Lipinski definition) is 0. The highest BCUT2D eigenvalue weighted by molar-refractivity contribution is 5.12. The maximum Gasteiger partial charge on any atom is 0.0881 e. The molecule has 0 spiro atoms. The average molecular weight is 239 g/mol. The lowest BCUT2D eigenvalue weighted by molar-refractivity contribution is 0.0509. The SMILES string of the molecule is COCCCOCCC1(C#N)CC2CCC1O2. The van der Waals surface area contributed by atoms with Gasteiger partial charge in [0.25, 0.3) is 0 Å². The molecule has 2 aliphatic rings. The monoisotopic (exact) mass is 239 g/mol. The molecule has 0 aliphatic carbocycles. The molecule has 0 amide bonds. The molecule has 3 atom stereocenters. The Kier molecular flexibility index (Phi) is 4.38. The van der Waals surface area contributed by atoms with E-state index in [2.05, 4.69) is 6.07 Å². The Morgan fingerprint density at radius 3 is 2.82 bits per heavy atom. The second kappa shape index (κ2) is 5.81. The standard InChI is InChI=1S/C13H21NO3/c1-15-6-2-7-16-8-5-13(10-14)9-11-3-4-12(13)17-11/h11-12H,2-9H2,1H3. The lowest BCUT2D eigenvalue weighted by Gasteiger charge is -2.27. The predicted molar refractivity (Wildman–Crippen MR) is 62.5 cm³/mol. The molecule has 0 aromatic carbocycles. The summed E-state index contributed by atoms with van der Waals surface area (Å²) in [5.41, 5.74) is -0.274. The Labute approximate surface area is 103 Å². The van der Waals surface area contributed by atoms with Crippen LogP contribution in [-0.2, 0) is 14.2 Å². The van der Waals surface area contributed by atoms with E-state index in [0.29, 0.717) is 19.3 Å².